The quantitative estimate of drug-likeness (QED) is 0.360. The summed E-state index contributed by atoms with van der Waals surface area (Å²) in [5.41, 5.74) is 7.12. The van der Waals surface area contributed by atoms with Crippen molar-refractivity contribution < 1.29 is 32.2 Å². The summed E-state index contributed by atoms with van der Waals surface area (Å²) in [5.74, 6) is -0.286. The number of amides is 2. The number of nitrogens with two attached hydrogens (primary N) is 1. The zero-order valence-corrected chi connectivity index (χ0v) is 22.1. The Hall–Kier alpha value is -4.56. The molecule has 2 atom stereocenters. The van der Waals surface area contributed by atoms with Gasteiger partial charge in [-0.05, 0) is 31.2 Å². The van der Waals surface area contributed by atoms with Crippen molar-refractivity contribution in [2.24, 2.45) is 0 Å². The first-order valence-electron chi connectivity index (χ1n) is 12.5. The van der Waals surface area contributed by atoms with Crippen LogP contribution in [0.25, 0.3) is 16.8 Å². The van der Waals surface area contributed by atoms with Crippen LogP contribution in [0.2, 0.25) is 0 Å². The number of benzene rings is 1. The average molecular weight is 570 g/mol. The van der Waals surface area contributed by atoms with E-state index in [0.29, 0.717) is 29.2 Å². The molecule has 1 aromatic carbocycles. The maximum absolute atomic E-state index is 13.0. The number of hydrogen-bond donors (Lipinski definition) is 2. The molecule has 1 fully saturated rings. The van der Waals surface area contributed by atoms with Gasteiger partial charge in [0.15, 0.2) is 0 Å². The molecule has 2 amide bonds. The minimum absolute atomic E-state index is 0.0503. The lowest BCUT2D eigenvalue weighted by molar-refractivity contribution is -0.148. The molecule has 214 valence electrons. The molecule has 0 unspecified atom stereocenters. The number of nitrogens with zero attached hydrogens (tertiary/aromatic N) is 5. The first kappa shape index (κ1) is 28.0. The second-order valence-corrected chi connectivity index (χ2v) is 9.46. The summed E-state index contributed by atoms with van der Waals surface area (Å²) >= 11 is 0. The van der Waals surface area contributed by atoms with Crippen LogP contribution in [0.3, 0.4) is 0 Å². The van der Waals surface area contributed by atoms with Crippen LogP contribution in [-0.4, -0.2) is 69.0 Å². The van der Waals surface area contributed by atoms with E-state index in [1.54, 1.807) is 27.6 Å². The van der Waals surface area contributed by atoms with E-state index in [4.69, 9.17) is 20.2 Å². The van der Waals surface area contributed by atoms with Crippen LogP contribution in [0.4, 0.5) is 24.8 Å². The van der Waals surface area contributed by atoms with Gasteiger partial charge < -0.3 is 25.4 Å². The van der Waals surface area contributed by atoms with Gasteiger partial charge in [-0.2, -0.15) is 13.2 Å². The van der Waals surface area contributed by atoms with Gasteiger partial charge in [0.1, 0.15) is 41.4 Å². The molecule has 4 aromatic rings. The molecule has 11 nitrogen and oxygen atoms in total. The normalized spacial score (nSPS) is 17.5. The number of imidazole rings is 1. The molecule has 0 bridgehead atoms. The molecule has 3 N–H and O–H groups in total. The summed E-state index contributed by atoms with van der Waals surface area (Å²) in [4.78, 5) is 39.8. The van der Waals surface area contributed by atoms with Crippen molar-refractivity contribution in [2.75, 3.05) is 37.9 Å². The summed E-state index contributed by atoms with van der Waals surface area (Å²) in [6.07, 6.45) is -0.910. The number of rotatable bonds is 6. The number of nitrogens with one attached hydrogen (secondary N) is 1. The molecule has 0 spiro atoms. The molecule has 41 heavy (non-hydrogen) atoms. The van der Waals surface area contributed by atoms with E-state index >= 15 is 0 Å². The van der Waals surface area contributed by atoms with E-state index in [2.05, 4.69) is 15.3 Å². The van der Waals surface area contributed by atoms with E-state index in [1.165, 1.54) is 25.4 Å². The summed E-state index contributed by atoms with van der Waals surface area (Å²) in [6.45, 7) is 2.40. The van der Waals surface area contributed by atoms with E-state index in [9.17, 15) is 22.8 Å². The summed E-state index contributed by atoms with van der Waals surface area (Å²) in [6, 6.07) is 7.76. The standard InChI is InChI=1S/C27H26F3N7O4/c1-15-13-41-19(12-37(15)21(38)14-40-2)25-35-22(23-24(31)33-9-10-36(23)25)16-3-5-17(6-4-16)26(39)34-20-11-18(7-8-32-20)27(28,29)30/h3-11,15,19H,12-14H2,1-2H3,(H2,31,33)(H,32,34,39)/t15-,19+/m0/s1. The first-order valence-corrected chi connectivity index (χ1v) is 12.5. The molecular weight excluding hydrogens is 543 g/mol. The van der Waals surface area contributed by atoms with Crippen LogP contribution in [0.15, 0.2) is 55.0 Å². The minimum Gasteiger partial charge on any atom is -0.382 e. The van der Waals surface area contributed by atoms with Crippen molar-refractivity contribution in [3.05, 3.63) is 71.9 Å². The van der Waals surface area contributed by atoms with Crippen molar-refractivity contribution in [1.29, 1.82) is 0 Å². The van der Waals surface area contributed by atoms with Gasteiger partial charge >= 0.3 is 6.18 Å². The van der Waals surface area contributed by atoms with E-state index in [0.717, 1.165) is 18.3 Å². The van der Waals surface area contributed by atoms with Crippen LogP contribution in [0.5, 0.6) is 0 Å². The second-order valence-electron chi connectivity index (χ2n) is 9.46. The summed E-state index contributed by atoms with van der Waals surface area (Å²) in [5, 5.41) is 2.38. The molecule has 3 aromatic heterocycles. The lowest BCUT2D eigenvalue weighted by Gasteiger charge is -2.37. The number of aromatic nitrogens is 4. The molecule has 0 saturated carbocycles. The number of anilines is 2. The predicted molar refractivity (Wildman–Crippen MR) is 142 cm³/mol. The lowest BCUT2D eigenvalue weighted by atomic mass is 10.1. The van der Waals surface area contributed by atoms with Gasteiger partial charge in [0.25, 0.3) is 5.91 Å². The number of hydrogen-bond acceptors (Lipinski definition) is 8. The van der Waals surface area contributed by atoms with E-state index in [1.807, 2.05) is 6.92 Å². The summed E-state index contributed by atoms with van der Waals surface area (Å²) < 4.78 is 51.9. The van der Waals surface area contributed by atoms with Crippen LogP contribution >= 0.6 is 0 Å². The second kappa shape index (κ2) is 11.1. The lowest BCUT2D eigenvalue weighted by Crippen LogP contribution is -2.49. The first-order chi connectivity index (χ1) is 19.6. The highest BCUT2D eigenvalue weighted by Crippen LogP contribution is 2.33. The van der Waals surface area contributed by atoms with Crippen molar-refractivity contribution >= 4 is 29.0 Å². The van der Waals surface area contributed by atoms with Gasteiger partial charge in [-0.15, -0.1) is 0 Å². The van der Waals surface area contributed by atoms with Crippen molar-refractivity contribution in [1.82, 2.24) is 24.3 Å². The molecule has 4 heterocycles. The Morgan fingerprint density at radius 2 is 1.93 bits per heavy atom. The number of halogens is 3. The van der Waals surface area contributed by atoms with Crippen molar-refractivity contribution in [2.45, 2.75) is 25.2 Å². The molecule has 1 aliphatic heterocycles. The Labute approximate surface area is 232 Å². The van der Waals surface area contributed by atoms with Gasteiger partial charge in [0.05, 0.1) is 24.8 Å². The highest BCUT2D eigenvalue weighted by molar-refractivity contribution is 6.04. The fourth-order valence-electron chi connectivity index (χ4n) is 4.63. The van der Waals surface area contributed by atoms with Gasteiger partial charge in [0.2, 0.25) is 5.91 Å². The molecule has 0 radical (unpaired) electrons. The van der Waals surface area contributed by atoms with E-state index < -0.39 is 23.8 Å². The Balaban J connectivity index is 1.42. The number of fused-ring (bicyclic) bond motifs is 1. The van der Waals surface area contributed by atoms with Gasteiger partial charge in [-0.3, -0.25) is 14.0 Å². The monoisotopic (exact) mass is 569 g/mol. The van der Waals surface area contributed by atoms with Crippen molar-refractivity contribution in [3.8, 4) is 11.3 Å². The van der Waals surface area contributed by atoms with Crippen LogP contribution < -0.4 is 11.1 Å². The smallest absolute Gasteiger partial charge is 0.382 e. The third-order valence-corrected chi connectivity index (χ3v) is 6.67. The zero-order chi connectivity index (χ0) is 29.3. The molecular formula is C27H26F3N7O4. The Bertz CT molecular complexity index is 1590. The number of nitrogen functional groups attached to an aromatic ring is 1. The highest BCUT2D eigenvalue weighted by Gasteiger charge is 2.34. The van der Waals surface area contributed by atoms with Gasteiger partial charge in [-0.1, -0.05) is 12.1 Å². The largest absolute Gasteiger partial charge is 0.416 e. The Morgan fingerprint density at radius 1 is 1.17 bits per heavy atom. The Morgan fingerprint density at radius 3 is 2.63 bits per heavy atom. The third kappa shape index (κ3) is 5.69. The molecule has 1 aliphatic rings. The number of carbonyl (C=O) groups is 2. The number of pyridine rings is 1. The maximum Gasteiger partial charge on any atom is 0.416 e. The van der Waals surface area contributed by atoms with E-state index in [-0.39, 0.29) is 42.3 Å². The number of ether oxygens (including phenoxy) is 2. The fourth-order valence-corrected chi connectivity index (χ4v) is 4.63. The number of methoxy groups -OCH3 is 1. The van der Waals surface area contributed by atoms with Gasteiger partial charge in [-0.25, -0.2) is 15.0 Å². The number of alkyl halides is 3. The number of morpholine rings is 1. The minimum atomic E-state index is -4.56. The molecule has 14 heteroatoms. The van der Waals surface area contributed by atoms with Crippen LogP contribution in [0, 0.1) is 0 Å². The topological polar surface area (TPSA) is 137 Å². The fraction of sp³-hybridized carbons (Fsp3) is 0.296. The number of carbonyl (C=O) groups excluding carboxylic acids is 2. The maximum atomic E-state index is 13.0. The predicted octanol–water partition coefficient (Wildman–Crippen LogP) is 3.58. The third-order valence-electron chi connectivity index (χ3n) is 6.67. The molecule has 5 rings (SSSR count). The zero-order valence-electron chi connectivity index (χ0n) is 22.1. The highest BCUT2D eigenvalue weighted by atomic mass is 19.4. The van der Waals surface area contributed by atoms with Gasteiger partial charge in [0, 0.05) is 36.8 Å². The molecule has 0 aliphatic carbocycles. The Kier molecular flexibility index (Phi) is 7.60. The van der Waals surface area contributed by atoms with Crippen LogP contribution in [-0.2, 0) is 20.4 Å². The molecule has 1 saturated heterocycles. The SMILES string of the molecule is COCC(=O)N1C[C@H](c2nc(-c3ccc(C(=O)Nc4cc(C(F)(F)F)ccn4)cc3)c3c(N)nccn23)OC[C@@H]1C. The average Bonchev–Trinajstić information content (AvgIpc) is 3.34. The van der Waals surface area contributed by atoms with Crippen LogP contribution in [0.1, 0.15) is 34.8 Å². The van der Waals surface area contributed by atoms with Crippen molar-refractivity contribution in [3.63, 3.8) is 0 Å². The summed E-state index contributed by atoms with van der Waals surface area (Å²) in [7, 11) is 1.46.